The molecule has 5 aromatic rings. The van der Waals surface area contributed by atoms with Crippen molar-refractivity contribution in [1.29, 1.82) is 0 Å². The number of phenols is 5. The minimum atomic E-state index is 0.238. The van der Waals surface area contributed by atoms with Gasteiger partial charge >= 0.3 is 0 Å². The maximum atomic E-state index is 11.7. The molecule has 250 valence electrons. The van der Waals surface area contributed by atoms with Gasteiger partial charge in [-0.2, -0.15) is 0 Å². The lowest BCUT2D eigenvalue weighted by Gasteiger charge is -2.20. The smallest absolute Gasteiger partial charge is 0.122 e. The van der Waals surface area contributed by atoms with E-state index in [-0.39, 0.29) is 28.7 Å². The second-order valence-electron chi connectivity index (χ2n) is 13.9. The van der Waals surface area contributed by atoms with E-state index in [0.717, 1.165) is 94.6 Å². The van der Waals surface area contributed by atoms with E-state index >= 15 is 0 Å². The Morgan fingerprint density at radius 2 is 0.667 bits per heavy atom. The van der Waals surface area contributed by atoms with Crippen LogP contribution in [-0.2, 0) is 25.7 Å². The highest BCUT2D eigenvalue weighted by Crippen LogP contribution is 2.38. The van der Waals surface area contributed by atoms with Crippen LogP contribution in [0.4, 0.5) is 0 Å². The molecule has 0 unspecified atom stereocenters. The summed E-state index contributed by atoms with van der Waals surface area (Å²) >= 11 is 0. The number of aromatic hydroxyl groups is 5. The molecule has 0 atom stereocenters. The second-order valence-corrected chi connectivity index (χ2v) is 13.9. The Hall–Kier alpha value is -4.90. The Morgan fingerprint density at radius 1 is 0.333 bits per heavy atom. The van der Waals surface area contributed by atoms with Crippen molar-refractivity contribution < 1.29 is 25.5 Å². The van der Waals surface area contributed by atoms with Crippen molar-refractivity contribution in [3.63, 3.8) is 0 Å². The predicted molar refractivity (Wildman–Crippen MR) is 194 cm³/mol. The molecule has 0 aliphatic heterocycles. The van der Waals surface area contributed by atoms with Crippen LogP contribution in [0.2, 0.25) is 0 Å². The molecule has 5 heteroatoms. The molecular weight excluding hydrogens is 596 g/mol. The molecule has 5 nitrogen and oxygen atoms in total. The number of benzene rings is 5. The SMILES string of the molecule is Cc1cc(Cc2cc(C)c(O)c(Cc3c(C)cc(O)cc3C)c2C)c(O)c(Cc2cc(C)c(O)c(Cc3c(C)cc(O)cc3C)c2C)c1. The van der Waals surface area contributed by atoms with Crippen molar-refractivity contribution in [1.82, 2.24) is 0 Å². The molecule has 0 amide bonds. The first kappa shape index (κ1) is 34.4. The molecule has 0 fully saturated rings. The molecule has 0 aliphatic carbocycles. The number of rotatable bonds is 8. The molecule has 5 aromatic carbocycles. The van der Waals surface area contributed by atoms with Gasteiger partial charge < -0.3 is 25.5 Å². The standard InChI is InChI=1S/C43H48O5/c1-22-10-33(18-31-12-27(6)41(46)39(29(31)8)20-37-23(2)14-35(44)15-24(37)3)43(48)34(11-22)19-32-13-28(7)42(47)40(30(32)9)21-38-25(4)16-36(45)17-26(38)5/h10-17,44-48H,18-21H2,1-9H3. The Morgan fingerprint density at radius 3 is 1.00 bits per heavy atom. The van der Waals surface area contributed by atoms with Gasteiger partial charge in [0.2, 0.25) is 0 Å². The van der Waals surface area contributed by atoms with Gasteiger partial charge in [0.15, 0.2) is 0 Å². The van der Waals surface area contributed by atoms with Crippen LogP contribution >= 0.6 is 0 Å². The summed E-state index contributed by atoms with van der Waals surface area (Å²) in [5.74, 6) is 1.30. The third kappa shape index (κ3) is 6.73. The zero-order valence-corrected chi connectivity index (χ0v) is 29.7. The molecule has 0 radical (unpaired) electrons. The fourth-order valence-electron chi connectivity index (χ4n) is 7.36. The summed E-state index contributed by atoms with van der Waals surface area (Å²) < 4.78 is 0. The van der Waals surface area contributed by atoms with Gasteiger partial charge in [0.1, 0.15) is 28.7 Å². The van der Waals surface area contributed by atoms with Crippen molar-refractivity contribution in [3.05, 3.63) is 143 Å². The molecular formula is C43H48O5. The minimum Gasteiger partial charge on any atom is -0.508 e. The van der Waals surface area contributed by atoms with Crippen molar-refractivity contribution in [2.24, 2.45) is 0 Å². The van der Waals surface area contributed by atoms with E-state index < -0.39 is 0 Å². The van der Waals surface area contributed by atoms with E-state index in [2.05, 4.69) is 0 Å². The molecule has 48 heavy (non-hydrogen) atoms. The van der Waals surface area contributed by atoms with Gasteiger partial charge in [0, 0.05) is 36.8 Å². The molecule has 5 rings (SSSR count). The van der Waals surface area contributed by atoms with Gasteiger partial charge in [0.25, 0.3) is 0 Å². The summed E-state index contributed by atoms with van der Waals surface area (Å²) in [6, 6.07) is 15.1. The van der Waals surface area contributed by atoms with Crippen LogP contribution in [0, 0.1) is 62.3 Å². The van der Waals surface area contributed by atoms with Crippen molar-refractivity contribution >= 4 is 0 Å². The number of aryl methyl sites for hydroxylation is 7. The lowest BCUT2D eigenvalue weighted by molar-refractivity contribution is 0.462. The zero-order chi connectivity index (χ0) is 35.2. The van der Waals surface area contributed by atoms with E-state index in [1.54, 1.807) is 24.3 Å². The summed E-state index contributed by atoms with van der Waals surface area (Å²) in [6.45, 7) is 17.8. The number of phenolic OH excluding ortho intramolecular Hbond substituents is 5. The lowest BCUT2D eigenvalue weighted by atomic mass is 9.86. The quantitative estimate of drug-likeness (QED) is 0.116. The lowest BCUT2D eigenvalue weighted by Crippen LogP contribution is -2.05. The highest BCUT2D eigenvalue weighted by Gasteiger charge is 2.20. The summed E-state index contributed by atoms with van der Waals surface area (Å²) in [7, 11) is 0. The Balaban J connectivity index is 1.51. The van der Waals surface area contributed by atoms with Crippen LogP contribution in [0.5, 0.6) is 28.7 Å². The van der Waals surface area contributed by atoms with Gasteiger partial charge in [-0.1, -0.05) is 29.8 Å². The molecule has 0 aromatic heterocycles. The summed E-state index contributed by atoms with van der Waals surface area (Å²) in [5.41, 5.74) is 16.1. The van der Waals surface area contributed by atoms with Crippen LogP contribution in [0.15, 0.2) is 48.5 Å². The topological polar surface area (TPSA) is 101 Å². The molecule has 0 saturated heterocycles. The van der Waals surface area contributed by atoms with Gasteiger partial charge in [-0.3, -0.25) is 0 Å². The van der Waals surface area contributed by atoms with Gasteiger partial charge in [-0.15, -0.1) is 0 Å². The first-order valence-electron chi connectivity index (χ1n) is 16.6. The highest BCUT2D eigenvalue weighted by atomic mass is 16.3. The van der Waals surface area contributed by atoms with E-state index in [1.807, 2.05) is 86.6 Å². The third-order valence-electron chi connectivity index (χ3n) is 10.2. The molecule has 0 aliphatic rings. The average molecular weight is 645 g/mol. The first-order valence-corrected chi connectivity index (χ1v) is 16.6. The van der Waals surface area contributed by atoms with Gasteiger partial charge in [0.05, 0.1) is 0 Å². The van der Waals surface area contributed by atoms with Crippen LogP contribution in [-0.4, -0.2) is 25.5 Å². The highest BCUT2D eigenvalue weighted by molar-refractivity contribution is 5.58. The largest absolute Gasteiger partial charge is 0.508 e. The Kier molecular flexibility index (Phi) is 9.55. The maximum Gasteiger partial charge on any atom is 0.122 e. The van der Waals surface area contributed by atoms with Crippen LogP contribution in [0.3, 0.4) is 0 Å². The van der Waals surface area contributed by atoms with Crippen LogP contribution in [0.1, 0.15) is 94.6 Å². The van der Waals surface area contributed by atoms with E-state index in [9.17, 15) is 25.5 Å². The second kappa shape index (κ2) is 13.3. The fourth-order valence-corrected chi connectivity index (χ4v) is 7.36. The first-order chi connectivity index (χ1) is 22.5. The van der Waals surface area contributed by atoms with Crippen LogP contribution < -0.4 is 0 Å². The average Bonchev–Trinajstić information content (AvgIpc) is 2.99. The van der Waals surface area contributed by atoms with E-state index in [0.29, 0.717) is 25.7 Å². The monoisotopic (exact) mass is 644 g/mol. The summed E-state index contributed by atoms with van der Waals surface area (Å²) in [6.07, 6.45) is 2.10. The van der Waals surface area contributed by atoms with E-state index in [1.165, 1.54) is 0 Å². The Labute approximate surface area is 284 Å². The maximum absolute atomic E-state index is 11.7. The molecule has 0 heterocycles. The van der Waals surface area contributed by atoms with Gasteiger partial charge in [-0.25, -0.2) is 0 Å². The van der Waals surface area contributed by atoms with E-state index in [4.69, 9.17) is 0 Å². The molecule has 0 saturated carbocycles. The number of hydrogen-bond acceptors (Lipinski definition) is 5. The predicted octanol–water partition coefficient (Wildman–Crippen LogP) is 9.35. The van der Waals surface area contributed by atoms with Crippen molar-refractivity contribution in [2.45, 2.75) is 88.0 Å². The van der Waals surface area contributed by atoms with Crippen LogP contribution in [0.25, 0.3) is 0 Å². The van der Waals surface area contributed by atoms with Gasteiger partial charge in [-0.05, 0) is 164 Å². The summed E-state index contributed by atoms with van der Waals surface area (Å²) in [5, 5.41) is 54.2. The zero-order valence-electron chi connectivity index (χ0n) is 29.7. The molecule has 0 spiro atoms. The third-order valence-corrected chi connectivity index (χ3v) is 10.2. The normalized spacial score (nSPS) is 11.4. The molecule has 0 bridgehead atoms. The molecule has 5 N–H and O–H groups in total. The van der Waals surface area contributed by atoms with Crippen molar-refractivity contribution in [3.8, 4) is 28.7 Å². The van der Waals surface area contributed by atoms with Crippen molar-refractivity contribution in [2.75, 3.05) is 0 Å². The number of hydrogen-bond donors (Lipinski definition) is 5. The summed E-state index contributed by atoms with van der Waals surface area (Å²) in [4.78, 5) is 0. The Bertz CT molecular complexity index is 1880. The minimum absolute atomic E-state index is 0.238. The fraction of sp³-hybridized carbons (Fsp3) is 0.302.